The lowest BCUT2D eigenvalue weighted by molar-refractivity contribution is -0.123. The Morgan fingerprint density at radius 3 is 2.62 bits per heavy atom. The molecule has 1 rings (SSSR count). The molecule has 0 radical (unpaired) electrons. The normalized spacial score (nSPS) is 11.0. The Balaban J connectivity index is 2.78. The van der Waals surface area contributed by atoms with E-state index in [9.17, 15) is 22.4 Å². The SMILES string of the molecule is NCC#Cc1ccc(C(=O)NCC(F)(F)C(F)F)cc1Cl. The fourth-order valence-corrected chi connectivity index (χ4v) is 1.51. The number of alkyl halides is 4. The highest BCUT2D eigenvalue weighted by atomic mass is 35.5. The molecule has 0 spiro atoms. The third kappa shape index (κ3) is 4.92. The first kappa shape index (κ1) is 17.3. The summed E-state index contributed by atoms with van der Waals surface area (Å²) in [5.74, 6) is -0.00643. The van der Waals surface area contributed by atoms with Gasteiger partial charge in [-0.05, 0) is 18.2 Å². The molecule has 1 aromatic rings. The predicted molar refractivity (Wildman–Crippen MR) is 70.7 cm³/mol. The van der Waals surface area contributed by atoms with E-state index in [4.69, 9.17) is 17.3 Å². The molecule has 0 atom stereocenters. The van der Waals surface area contributed by atoms with Gasteiger partial charge < -0.3 is 11.1 Å². The van der Waals surface area contributed by atoms with Crippen molar-refractivity contribution in [3.05, 3.63) is 34.3 Å². The molecule has 0 aliphatic heterocycles. The Labute approximate surface area is 123 Å². The maximum atomic E-state index is 12.7. The first-order valence-corrected chi connectivity index (χ1v) is 6.08. The fraction of sp³-hybridized carbons (Fsp3) is 0.308. The zero-order chi connectivity index (χ0) is 16.0. The zero-order valence-corrected chi connectivity index (χ0v) is 11.4. The van der Waals surface area contributed by atoms with Crippen molar-refractivity contribution in [2.45, 2.75) is 12.3 Å². The summed E-state index contributed by atoms with van der Waals surface area (Å²) < 4.78 is 49.3. The molecule has 0 bridgehead atoms. The maximum Gasteiger partial charge on any atom is 0.324 e. The van der Waals surface area contributed by atoms with Gasteiger partial charge in [-0.3, -0.25) is 4.79 Å². The van der Waals surface area contributed by atoms with Crippen molar-refractivity contribution in [1.29, 1.82) is 0 Å². The molecule has 0 aliphatic carbocycles. The number of hydrogen-bond acceptors (Lipinski definition) is 2. The molecule has 0 unspecified atom stereocenters. The lowest BCUT2D eigenvalue weighted by atomic mass is 10.1. The van der Waals surface area contributed by atoms with Crippen LogP contribution in [0, 0.1) is 11.8 Å². The van der Waals surface area contributed by atoms with Crippen molar-refractivity contribution >= 4 is 17.5 Å². The quantitative estimate of drug-likeness (QED) is 0.660. The van der Waals surface area contributed by atoms with Crippen LogP contribution in [0.3, 0.4) is 0 Å². The van der Waals surface area contributed by atoms with E-state index in [2.05, 4.69) is 11.8 Å². The Morgan fingerprint density at radius 2 is 2.10 bits per heavy atom. The molecule has 114 valence electrons. The molecular weight excluding hydrogens is 312 g/mol. The van der Waals surface area contributed by atoms with E-state index in [1.54, 1.807) is 5.32 Å². The van der Waals surface area contributed by atoms with Crippen LogP contribution < -0.4 is 11.1 Å². The van der Waals surface area contributed by atoms with Gasteiger partial charge in [0.05, 0.1) is 18.1 Å². The third-order valence-corrected chi connectivity index (χ3v) is 2.67. The van der Waals surface area contributed by atoms with Gasteiger partial charge in [-0.2, -0.15) is 8.78 Å². The summed E-state index contributed by atoms with van der Waals surface area (Å²) in [6, 6.07) is 3.91. The van der Waals surface area contributed by atoms with Crippen LogP contribution in [0.15, 0.2) is 18.2 Å². The highest BCUT2D eigenvalue weighted by Gasteiger charge is 2.40. The Bertz CT molecular complexity index is 581. The molecule has 0 aliphatic rings. The number of nitrogens with one attached hydrogen (secondary N) is 1. The van der Waals surface area contributed by atoms with Crippen LogP contribution >= 0.6 is 11.6 Å². The third-order valence-electron chi connectivity index (χ3n) is 2.36. The summed E-state index contributed by atoms with van der Waals surface area (Å²) in [7, 11) is 0. The molecule has 0 saturated carbocycles. The largest absolute Gasteiger partial charge is 0.346 e. The molecule has 8 heteroatoms. The van der Waals surface area contributed by atoms with Crippen LogP contribution in [0.2, 0.25) is 5.02 Å². The van der Waals surface area contributed by atoms with Gasteiger partial charge in [-0.25, -0.2) is 8.78 Å². The molecular formula is C13H11ClF4N2O. The molecule has 3 nitrogen and oxygen atoms in total. The minimum atomic E-state index is -4.29. The standard InChI is InChI=1S/C13H11ClF4N2O/c14-10-6-9(4-3-8(10)2-1-5-19)11(21)20-7-13(17,18)12(15)16/h3-4,6,12H,5,7,19H2,(H,20,21). The van der Waals surface area contributed by atoms with Crippen molar-refractivity contribution in [3.63, 3.8) is 0 Å². The predicted octanol–water partition coefficient (Wildman–Crippen LogP) is 2.28. The van der Waals surface area contributed by atoms with Crippen LogP contribution in [0.25, 0.3) is 0 Å². The second-order valence-corrected chi connectivity index (χ2v) is 4.35. The fourth-order valence-electron chi connectivity index (χ4n) is 1.28. The highest BCUT2D eigenvalue weighted by molar-refractivity contribution is 6.32. The monoisotopic (exact) mass is 322 g/mol. The van der Waals surface area contributed by atoms with E-state index in [0.29, 0.717) is 5.56 Å². The lowest BCUT2D eigenvalue weighted by Crippen LogP contribution is -2.41. The van der Waals surface area contributed by atoms with Crippen LogP contribution in [0.4, 0.5) is 17.6 Å². The van der Waals surface area contributed by atoms with Gasteiger partial charge in [0.2, 0.25) is 0 Å². The number of rotatable bonds is 4. The number of carbonyl (C=O) groups is 1. The molecule has 0 aromatic heterocycles. The molecule has 0 heterocycles. The summed E-state index contributed by atoms with van der Waals surface area (Å²) in [5.41, 5.74) is 5.57. The van der Waals surface area contributed by atoms with E-state index in [0.717, 1.165) is 0 Å². The summed E-state index contributed by atoms with van der Waals surface area (Å²) in [6.07, 6.45) is -3.85. The summed E-state index contributed by atoms with van der Waals surface area (Å²) in [5, 5.41) is 1.86. The Morgan fingerprint density at radius 1 is 1.43 bits per heavy atom. The molecule has 21 heavy (non-hydrogen) atoms. The molecule has 1 aromatic carbocycles. The molecule has 0 saturated heterocycles. The van der Waals surface area contributed by atoms with Gasteiger partial charge in [0, 0.05) is 11.1 Å². The van der Waals surface area contributed by atoms with E-state index < -0.39 is 24.8 Å². The van der Waals surface area contributed by atoms with Crippen LogP contribution in [0.5, 0.6) is 0 Å². The average molecular weight is 323 g/mol. The first-order chi connectivity index (χ1) is 9.77. The van der Waals surface area contributed by atoms with E-state index >= 15 is 0 Å². The van der Waals surface area contributed by atoms with Crippen LogP contribution in [0.1, 0.15) is 15.9 Å². The summed E-state index contributed by atoms with van der Waals surface area (Å²) in [4.78, 5) is 11.6. The number of benzene rings is 1. The minimum Gasteiger partial charge on any atom is -0.346 e. The van der Waals surface area contributed by atoms with Gasteiger partial charge in [-0.15, -0.1) is 0 Å². The van der Waals surface area contributed by atoms with Gasteiger partial charge in [0.1, 0.15) is 0 Å². The summed E-state index contributed by atoms with van der Waals surface area (Å²) >= 11 is 5.86. The number of amides is 1. The van der Waals surface area contributed by atoms with Gasteiger partial charge in [-0.1, -0.05) is 23.4 Å². The van der Waals surface area contributed by atoms with Crippen molar-refractivity contribution in [2.24, 2.45) is 5.73 Å². The molecule has 0 fully saturated rings. The van der Waals surface area contributed by atoms with E-state index in [-0.39, 0.29) is 17.1 Å². The Kier molecular flexibility index (Phi) is 6.00. The van der Waals surface area contributed by atoms with Gasteiger partial charge in [0.15, 0.2) is 0 Å². The minimum absolute atomic E-state index is 0.0386. The average Bonchev–Trinajstić information content (AvgIpc) is 2.43. The van der Waals surface area contributed by atoms with Crippen LogP contribution in [-0.4, -0.2) is 31.3 Å². The van der Waals surface area contributed by atoms with E-state index in [1.807, 2.05) is 0 Å². The van der Waals surface area contributed by atoms with Crippen molar-refractivity contribution in [3.8, 4) is 11.8 Å². The van der Waals surface area contributed by atoms with Crippen molar-refractivity contribution in [1.82, 2.24) is 5.32 Å². The maximum absolute atomic E-state index is 12.7. The number of carbonyl (C=O) groups excluding carboxylic acids is 1. The first-order valence-electron chi connectivity index (χ1n) is 5.70. The zero-order valence-electron chi connectivity index (χ0n) is 10.6. The number of halogens is 5. The second kappa shape index (κ2) is 7.29. The van der Waals surface area contributed by atoms with Gasteiger partial charge >= 0.3 is 12.3 Å². The van der Waals surface area contributed by atoms with E-state index in [1.165, 1.54) is 18.2 Å². The topological polar surface area (TPSA) is 55.1 Å². The lowest BCUT2D eigenvalue weighted by Gasteiger charge is -2.15. The summed E-state index contributed by atoms with van der Waals surface area (Å²) in [6.45, 7) is -1.34. The van der Waals surface area contributed by atoms with Crippen molar-refractivity contribution in [2.75, 3.05) is 13.1 Å². The van der Waals surface area contributed by atoms with Gasteiger partial charge in [0.25, 0.3) is 5.91 Å². The highest BCUT2D eigenvalue weighted by Crippen LogP contribution is 2.22. The van der Waals surface area contributed by atoms with Crippen LogP contribution in [-0.2, 0) is 0 Å². The second-order valence-electron chi connectivity index (χ2n) is 3.94. The smallest absolute Gasteiger partial charge is 0.324 e. The number of hydrogen-bond donors (Lipinski definition) is 2. The Hall–Kier alpha value is -1.78. The molecule has 1 amide bonds. The number of nitrogens with two attached hydrogens (primary N) is 1. The molecule has 3 N–H and O–H groups in total. The van der Waals surface area contributed by atoms with Crippen molar-refractivity contribution < 1.29 is 22.4 Å².